The monoisotopic (exact) mass is 269 g/mol. The largest absolute Gasteiger partial charge is 0.361 e. The van der Waals surface area contributed by atoms with Gasteiger partial charge in [-0.15, -0.1) is 0 Å². The third-order valence-electron chi connectivity index (χ3n) is 5.26. The highest BCUT2D eigenvalue weighted by Gasteiger charge is 2.30. The molecule has 2 aromatic rings. The van der Waals surface area contributed by atoms with Crippen LogP contribution in [0.1, 0.15) is 63.5 Å². The van der Waals surface area contributed by atoms with Gasteiger partial charge in [0.15, 0.2) is 0 Å². The van der Waals surface area contributed by atoms with Gasteiger partial charge in [-0.05, 0) is 67.6 Å². The summed E-state index contributed by atoms with van der Waals surface area (Å²) in [7, 11) is 0. The van der Waals surface area contributed by atoms with E-state index in [0.717, 1.165) is 11.8 Å². The Morgan fingerprint density at radius 3 is 2.40 bits per heavy atom. The number of aromatic nitrogens is 1. The van der Waals surface area contributed by atoms with Crippen molar-refractivity contribution in [2.75, 3.05) is 0 Å². The van der Waals surface area contributed by atoms with E-state index in [-0.39, 0.29) is 0 Å². The summed E-state index contributed by atoms with van der Waals surface area (Å²) in [6.45, 7) is 9.37. The predicted octanol–water partition coefficient (Wildman–Crippen LogP) is 5.80. The third-order valence-corrected chi connectivity index (χ3v) is 5.26. The molecule has 1 heteroatoms. The van der Waals surface area contributed by atoms with Gasteiger partial charge in [-0.3, -0.25) is 0 Å². The summed E-state index contributed by atoms with van der Waals surface area (Å²) in [4.78, 5) is 3.45. The molecule has 1 heterocycles. The number of benzene rings is 1. The van der Waals surface area contributed by atoms with E-state index in [2.05, 4.69) is 57.1 Å². The Kier molecular flexibility index (Phi) is 3.40. The molecule has 0 spiro atoms. The Balaban J connectivity index is 1.82. The maximum atomic E-state index is 3.45. The Morgan fingerprint density at radius 1 is 1.05 bits per heavy atom. The lowest BCUT2D eigenvalue weighted by Crippen LogP contribution is -2.25. The van der Waals surface area contributed by atoms with Crippen LogP contribution in [0, 0.1) is 18.3 Å². The molecule has 1 aliphatic carbocycles. The lowest BCUT2D eigenvalue weighted by Gasteiger charge is -2.37. The zero-order valence-electron chi connectivity index (χ0n) is 13.3. The minimum atomic E-state index is 0.474. The average molecular weight is 269 g/mol. The zero-order chi connectivity index (χ0) is 14.3. The molecule has 0 bridgehead atoms. The summed E-state index contributed by atoms with van der Waals surface area (Å²) >= 11 is 0. The maximum absolute atomic E-state index is 3.45. The zero-order valence-corrected chi connectivity index (χ0v) is 13.3. The molecule has 0 saturated heterocycles. The summed E-state index contributed by atoms with van der Waals surface area (Å²) in [6, 6.07) is 6.76. The van der Waals surface area contributed by atoms with Crippen LogP contribution < -0.4 is 0 Å². The molecule has 1 aromatic carbocycles. The highest BCUT2D eigenvalue weighted by atomic mass is 14.7. The van der Waals surface area contributed by atoms with E-state index in [1.165, 1.54) is 42.1 Å². The Hall–Kier alpha value is -1.24. The maximum Gasteiger partial charge on any atom is 0.0457 e. The molecule has 0 radical (unpaired) electrons. The van der Waals surface area contributed by atoms with Crippen molar-refractivity contribution in [1.82, 2.24) is 4.98 Å². The molecule has 0 atom stereocenters. The second-order valence-electron chi connectivity index (χ2n) is 7.71. The van der Waals surface area contributed by atoms with E-state index in [0.29, 0.717) is 5.41 Å². The predicted molar refractivity (Wildman–Crippen MR) is 87.2 cm³/mol. The fraction of sp³-hybridized carbons (Fsp3) is 0.579. The van der Waals surface area contributed by atoms with E-state index < -0.39 is 0 Å². The van der Waals surface area contributed by atoms with Gasteiger partial charge in [0.1, 0.15) is 0 Å². The molecule has 20 heavy (non-hydrogen) atoms. The molecule has 108 valence electrons. The number of nitrogens with one attached hydrogen (secondary N) is 1. The van der Waals surface area contributed by atoms with E-state index in [9.17, 15) is 0 Å². The highest BCUT2D eigenvalue weighted by Crippen LogP contribution is 2.44. The molecule has 1 aromatic heterocycles. The Bertz CT molecular complexity index is 592. The first-order valence-electron chi connectivity index (χ1n) is 8.03. The first-order chi connectivity index (χ1) is 9.45. The minimum absolute atomic E-state index is 0.474. The molecular formula is C19H27N. The van der Waals surface area contributed by atoms with Crippen LogP contribution in [0.15, 0.2) is 24.4 Å². The number of hydrogen-bond donors (Lipinski definition) is 1. The van der Waals surface area contributed by atoms with Crippen molar-refractivity contribution < 1.29 is 0 Å². The topological polar surface area (TPSA) is 15.8 Å². The molecular weight excluding hydrogens is 242 g/mol. The molecule has 1 fully saturated rings. The molecule has 0 aliphatic heterocycles. The van der Waals surface area contributed by atoms with Gasteiger partial charge in [-0.1, -0.05) is 32.4 Å². The first kappa shape index (κ1) is 13.7. The summed E-state index contributed by atoms with van der Waals surface area (Å²) in [5, 5.41) is 1.45. The lowest BCUT2D eigenvalue weighted by molar-refractivity contribution is 0.169. The molecule has 0 amide bonds. The number of hydrogen-bond acceptors (Lipinski definition) is 0. The fourth-order valence-corrected chi connectivity index (χ4v) is 3.86. The second kappa shape index (κ2) is 4.95. The molecule has 1 saturated carbocycles. The molecule has 0 unspecified atom stereocenters. The number of H-pyrrole nitrogens is 1. The van der Waals surface area contributed by atoms with Gasteiger partial charge in [0.25, 0.3) is 0 Å². The SMILES string of the molecule is Cc1ccc2[nH]cc(C3CCC(C(C)(C)C)CC3)c2c1. The Morgan fingerprint density at radius 2 is 1.75 bits per heavy atom. The Labute approximate surface area is 122 Å². The highest BCUT2D eigenvalue weighted by molar-refractivity contribution is 5.84. The number of aryl methyl sites for hydroxylation is 1. The summed E-state index contributed by atoms with van der Waals surface area (Å²) in [5.41, 5.74) is 4.68. The number of aromatic amines is 1. The second-order valence-corrected chi connectivity index (χ2v) is 7.71. The smallest absolute Gasteiger partial charge is 0.0457 e. The molecule has 3 rings (SSSR count). The van der Waals surface area contributed by atoms with Crippen LogP contribution in [-0.4, -0.2) is 4.98 Å². The van der Waals surface area contributed by atoms with Gasteiger partial charge in [0.05, 0.1) is 0 Å². The average Bonchev–Trinajstić information content (AvgIpc) is 2.81. The van der Waals surface area contributed by atoms with Gasteiger partial charge in [-0.2, -0.15) is 0 Å². The summed E-state index contributed by atoms with van der Waals surface area (Å²) in [5.74, 6) is 1.65. The third kappa shape index (κ3) is 2.51. The van der Waals surface area contributed by atoms with Crippen molar-refractivity contribution in [2.24, 2.45) is 11.3 Å². The van der Waals surface area contributed by atoms with Crippen molar-refractivity contribution >= 4 is 10.9 Å². The number of fused-ring (bicyclic) bond motifs is 1. The van der Waals surface area contributed by atoms with Crippen molar-refractivity contribution in [3.63, 3.8) is 0 Å². The van der Waals surface area contributed by atoms with Crippen molar-refractivity contribution in [3.8, 4) is 0 Å². The van der Waals surface area contributed by atoms with Crippen molar-refractivity contribution in [3.05, 3.63) is 35.5 Å². The quantitative estimate of drug-likeness (QED) is 0.673. The van der Waals surface area contributed by atoms with E-state index >= 15 is 0 Å². The van der Waals surface area contributed by atoms with E-state index in [1.807, 2.05) is 0 Å². The minimum Gasteiger partial charge on any atom is -0.361 e. The standard InChI is InChI=1S/C19H27N/c1-13-5-10-18-16(11-13)17(12-20-18)14-6-8-15(9-7-14)19(2,3)4/h5,10-12,14-15,20H,6-9H2,1-4H3. The van der Waals surface area contributed by atoms with Crippen LogP contribution in [0.25, 0.3) is 10.9 Å². The summed E-state index contributed by atoms with van der Waals surface area (Å²) < 4.78 is 0. The van der Waals surface area contributed by atoms with Crippen LogP contribution in [0.3, 0.4) is 0 Å². The van der Waals surface area contributed by atoms with E-state index in [1.54, 1.807) is 5.56 Å². The first-order valence-corrected chi connectivity index (χ1v) is 8.03. The van der Waals surface area contributed by atoms with Gasteiger partial charge >= 0.3 is 0 Å². The number of rotatable bonds is 1. The van der Waals surface area contributed by atoms with Crippen molar-refractivity contribution in [2.45, 2.75) is 59.3 Å². The van der Waals surface area contributed by atoms with Crippen LogP contribution in [-0.2, 0) is 0 Å². The van der Waals surface area contributed by atoms with Crippen LogP contribution in [0.2, 0.25) is 0 Å². The summed E-state index contributed by atoms with van der Waals surface area (Å²) in [6.07, 6.45) is 7.72. The van der Waals surface area contributed by atoms with Crippen molar-refractivity contribution in [1.29, 1.82) is 0 Å². The van der Waals surface area contributed by atoms with Crippen LogP contribution >= 0.6 is 0 Å². The molecule has 1 aliphatic rings. The van der Waals surface area contributed by atoms with Crippen LogP contribution in [0.5, 0.6) is 0 Å². The van der Waals surface area contributed by atoms with Gasteiger partial charge < -0.3 is 4.98 Å². The van der Waals surface area contributed by atoms with Crippen LogP contribution in [0.4, 0.5) is 0 Å². The van der Waals surface area contributed by atoms with E-state index in [4.69, 9.17) is 0 Å². The molecule has 1 N–H and O–H groups in total. The van der Waals surface area contributed by atoms with Gasteiger partial charge in [0.2, 0.25) is 0 Å². The fourth-order valence-electron chi connectivity index (χ4n) is 3.86. The lowest BCUT2D eigenvalue weighted by atomic mass is 9.68. The van der Waals surface area contributed by atoms with Gasteiger partial charge in [0, 0.05) is 17.1 Å². The van der Waals surface area contributed by atoms with Gasteiger partial charge in [-0.25, -0.2) is 0 Å². The molecule has 1 nitrogen and oxygen atoms in total. The normalized spacial score (nSPS) is 24.2.